The molecule has 0 aromatic carbocycles. The van der Waals surface area contributed by atoms with Gasteiger partial charge in [0, 0.05) is 44.7 Å². The van der Waals surface area contributed by atoms with E-state index < -0.39 is 23.7 Å². The van der Waals surface area contributed by atoms with Gasteiger partial charge in [0.1, 0.15) is 17.1 Å². The number of nitrogens with zero attached hydrogens (tertiary/aromatic N) is 5. The number of carboxylic acid groups (broad SMARTS) is 1. The van der Waals surface area contributed by atoms with Crippen LogP contribution in [0.3, 0.4) is 0 Å². The summed E-state index contributed by atoms with van der Waals surface area (Å²) >= 11 is 0. The van der Waals surface area contributed by atoms with Gasteiger partial charge in [-0.25, -0.2) is 19.6 Å². The molecular formula is C23H31N7O5. The van der Waals surface area contributed by atoms with Gasteiger partial charge in [-0.2, -0.15) is 5.10 Å². The van der Waals surface area contributed by atoms with E-state index in [0.29, 0.717) is 23.0 Å². The molecule has 0 saturated heterocycles. The molecule has 0 fully saturated rings. The van der Waals surface area contributed by atoms with Crippen molar-refractivity contribution in [3.63, 3.8) is 0 Å². The number of carbonyl (C=O) groups excluding carboxylic acids is 1. The maximum Gasteiger partial charge on any atom is 0.407 e. The number of ether oxygens (including phenoxy) is 2. The summed E-state index contributed by atoms with van der Waals surface area (Å²) in [7, 11) is 3.30. The SMILES string of the molecule is COCC(CNC(=O)OC(C)(C)C)n1cc(-c2nc(Nc3ccnn3C)ncc2C)cc1C(=O)O. The van der Waals surface area contributed by atoms with Gasteiger partial charge in [0.25, 0.3) is 0 Å². The largest absolute Gasteiger partial charge is 0.477 e. The minimum absolute atomic E-state index is 0.0344. The van der Waals surface area contributed by atoms with Gasteiger partial charge in [0.15, 0.2) is 0 Å². The van der Waals surface area contributed by atoms with Gasteiger partial charge in [-0.3, -0.25) is 4.68 Å². The Kier molecular flexibility index (Phi) is 7.75. The van der Waals surface area contributed by atoms with E-state index in [2.05, 4.69) is 25.7 Å². The second-order valence-electron chi connectivity index (χ2n) is 9.01. The van der Waals surface area contributed by atoms with Crippen molar-refractivity contribution in [3.05, 3.63) is 42.0 Å². The summed E-state index contributed by atoms with van der Waals surface area (Å²) in [6, 6.07) is 2.83. The van der Waals surface area contributed by atoms with E-state index in [9.17, 15) is 14.7 Å². The fourth-order valence-electron chi connectivity index (χ4n) is 3.43. The van der Waals surface area contributed by atoms with Crippen molar-refractivity contribution < 1.29 is 24.2 Å². The molecule has 3 N–H and O–H groups in total. The van der Waals surface area contributed by atoms with Crippen LogP contribution in [-0.4, -0.2) is 67.3 Å². The standard InChI is InChI=1S/C23H31N7O5/c1-14-10-24-21(27-18-7-8-26-29(18)5)28-19(14)15-9-17(20(31)32)30(12-15)16(13-34-6)11-25-22(33)35-23(2,3)4/h7-10,12,16H,11,13H2,1-6H3,(H,25,33)(H,31,32)(H,24,27,28). The van der Waals surface area contributed by atoms with Crippen molar-refractivity contribution in [1.29, 1.82) is 0 Å². The number of aromatic carboxylic acids is 1. The molecule has 0 saturated carbocycles. The van der Waals surface area contributed by atoms with E-state index in [1.54, 1.807) is 67.8 Å². The predicted molar refractivity (Wildman–Crippen MR) is 129 cm³/mol. The average Bonchev–Trinajstić information content (AvgIpc) is 3.38. The Morgan fingerprint density at radius 3 is 2.63 bits per heavy atom. The Morgan fingerprint density at radius 1 is 1.29 bits per heavy atom. The van der Waals surface area contributed by atoms with Crippen molar-refractivity contribution in [1.82, 2.24) is 29.6 Å². The van der Waals surface area contributed by atoms with E-state index in [4.69, 9.17) is 9.47 Å². The number of alkyl carbamates (subject to hydrolysis) is 1. The zero-order chi connectivity index (χ0) is 25.8. The zero-order valence-electron chi connectivity index (χ0n) is 20.7. The molecule has 35 heavy (non-hydrogen) atoms. The molecule has 0 aliphatic rings. The highest BCUT2D eigenvalue weighted by molar-refractivity contribution is 5.88. The molecule has 0 spiro atoms. The number of carbonyl (C=O) groups is 2. The second-order valence-corrected chi connectivity index (χ2v) is 9.01. The molecule has 12 heteroatoms. The van der Waals surface area contributed by atoms with Crippen LogP contribution < -0.4 is 10.6 Å². The van der Waals surface area contributed by atoms with Crippen molar-refractivity contribution in [3.8, 4) is 11.3 Å². The quantitative estimate of drug-likeness (QED) is 0.416. The Hall–Kier alpha value is -3.93. The summed E-state index contributed by atoms with van der Waals surface area (Å²) in [5.74, 6) is -0.0644. The van der Waals surface area contributed by atoms with Crippen LogP contribution in [0, 0.1) is 6.92 Å². The monoisotopic (exact) mass is 485 g/mol. The Bertz CT molecular complexity index is 1200. The van der Waals surface area contributed by atoms with Crippen LogP contribution in [0.25, 0.3) is 11.3 Å². The maximum atomic E-state index is 12.2. The number of aryl methyl sites for hydroxylation is 2. The van der Waals surface area contributed by atoms with Gasteiger partial charge in [0.05, 0.1) is 24.5 Å². The molecule has 0 radical (unpaired) electrons. The van der Waals surface area contributed by atoms with Crippen molar-refractivity contribution >= 4 is 23.8 Å². The molecule has 3 aromatic heterocycles. The topological polar surface area (TPSA) is 145 Å². The summed E-state index contributed by atoms with van der Waals surface area (Å²) < 4.78 is 13.8. The third-order valence-corrected chi connectivity index (χ3v) is 5.01. The molecule has 188 valence electrons. The van der Waals surface area contributed by atoms with Crippen LogP contribution in [-0.2, 0) is 16.5 Å². The lowest BCUT2D eigenvalue weighted by Crippen LogP contribution is -2.37. The summed E-state index contributed by atoms with van der Waals surface area (Å²) in [6.07, 6.45) is 4.40. The van der Waals surface area contributed by atoms with Crippen LogP contribution in [0.5, 0.6) is 0 Å². The fourth-order valence-corrected chi connectivity index (χ4v) is 3.43. The molecule has 3 aromatic rings. The smallest absolute Gasteiger partial charge is 0.407 e. The van der Waals surface area contributed by atoms with Gasteiger partial charge in [-0.1, -0.05) is 0 Å². The predicted octanol–water partition coefficient (Wildman–Crippen LogP) is 3.14. The van der Waals surface area contributed by atoms with Crippen LogP contribution in [0.2, 0.25) is 0 Å². The number of nitrogens with one attached hydrogen (secondary N) is 2. The molecule has 1 atom stereocenters. The lowest BCUT2D eigenvalue weighted by molar-refractivity contribution is 0.0508. The molecule has 0 aliphatic heterocycles. The fraction of sp³-hybridized carbons (Fsp3) is 0.435. The minimum atomic E-state index is -1.12. The van der Waals surface area contributed by atoms with Crippen LogP contribution in [0.1, 0.15) is 42.9 Å². The number of hydrogen-bond donors (Lipinski definition) is 3. The highest BCUT2D eigenvalue weighted by atomic mass is 16.6. The molecule has 12 nitrogen and oxygen atoms in total. The highest BCUT2D eigenvalue weighted by Crippen LogP contribution is 2.27. The van der Waals surface area contributed by atoms with Gasteiger partial charge in [-0.05, 0) is 39.3 Å². The van der Waals surface area contributed by atoms with Gasteiger partial charge in [-0.15, -0.1) is 0 Å². The summed E-state index contributed by atoms with van der Waals surface area (Å²) in [5, 5.41) is 19.8. The summed E-state index contributed by atoms with van der Waals surface area (Å²) in [6.45, 7) is 7.41. The van der Waals surface area contributed by atoms with Crippen molar-refractivity contribution in [2.45, 2.75) is 39.3 Å². The first-order valence-electron chi connectivity index (χ1n) is 11.0. The summed E-state index contributed by atoms with van der Waals surface area (Å²) in [5.41, 5.74) is 1.31. The highest BCUT2D eigenvalue weighted by Gasteiger charge is 2.23. The molecule has 3 rings (SSSR count). The van der Waals surface area contributed by atoms with E-state index in [1.165, 1.54) is 7.11 Å². The first kappa shape index (κ1) is 25.7. The lowest BCUT2D eigenvalue weighted by atomic mass is 10.1. The molecule has 0 bridgehead atoms. The zero-order valence-corrected chi connectivity index (χ0v) is 20.7. The Balaban J connectivity index is 1.92. The maximum absolute atomic E-state index is 12.2. The third kappa shape index (κ3) is 6.57. The molecule has 0 aliphatic carbocycles. The average molecular weight is 486 g/mol. The Morgan fingerprint density at radius 2 is 2.03 bits per heavy atom. The number of aromatic nitrogens is 5. The van der Waals surface area contributed by atoms with Crippen LogP contribution in [0.4, 0.5) is 16.6 Å². The van der Waals surface area contributed by atoms with Gasteiger partial charge >= 0.3 is 12.1 Å². The van der Waals surface area contributed by atoms with E-state index in [-0.39, 0.29) is 18.8 Å². The number of carboxylic acids is 1. The number of methoxy groups -OCH3 is 1. The first-order valence-corrected chi connectivity index (χ1v) is 11.0. The molecule has 3 heterocycles. The Labute approximate surface area is 203 Å². The van der Waals surface area contributed by atoms with Crippen molar-refractivity contribution in [2.24, 2.45) is 7.05 Å². The number of hydrogen-bond acceptors (Lipinski definition) is 8. The normalized spacial score (nSPS) is 12.3. The van der Waals surface area contributed by atoms with Gasteiger partial charge in [0.2, 0.25) is 5.95 Å². The van der Waals surface area contributed by atoms with Crippen LogP contribution >= 0.6 is 0 Å². The van der Waals surface area contributed by atoms with E-state index >= 15 is 0 Å². The lowest BCUT2D eigenvalue weighted by Gasteiger charge is -2.23. The molecule has 1 unspecified atom stereocenters. The molecular weight excluding hydrogens is 454 g/mol. The van der Waals surface area contributed by atoms with E-state index in [0.717, 1.165) is 5.56 Å². The number of anilines is 2. The van der Waals surface area contributed by atoms with Crippen molar-refractivity contribution in [2.75, 3.05) is 25.6 Å². The number of amides is 1. The second kappa shape index (κ2) is 10.6. The van der Waals surface area contributed by atoms with Gasteiger partial charge < -0.3 is 29.8 Å². The van der Waals surface area contributed by atoms with Crippen LogP contribution in [0.15, 0.2) is 30.7 Å². The summed E-state index contributed by atoms with van der Waals surface area (Å²) in [4.78, 5) is 33.1. The third-order valence-electron chi connectivity index (χ3n) is 5.01. The first-order chi connectivity index (χ1) is 16.5. The van der Waals surface area contributed by atoms with E-state index in [1.807, 2.05) is 6.92 Å². The minimum Gasteiger partial charge on any atom is -0.477 e. The molecule has 1 amide bonds. The number of rotatable bonds is 9.